The molecule has 244 valence electrons. The molecule has 0 saturated carbocycles. The van der Waals surface area contributed by atoms with Crippen LogP contribution in [-0.4, -0.2) is 50.4 Å². The molecule has 0 aromatic heterocycles. The summed E-state index contributed by atoms with van der Waals surface area (Å²) in [5.41, 5.74) is 1.63. The average molecular weight is 781 g/mol. The molecule has 1 aliphatic heterocycles. The monoisotopic (exact) mass is 779 g/mol. The van der Waals surface area contributed by atoms with Gasteiger partial charge in [-0.15, -0.1) is 0 Å². The first-order chi connectivity index (χ1) is 21.8. The van der Waals surface area contributed by atoms with Crippen molar-refractivity contribution in [2.75, 3.05) is 14.2 Å². The first-order valence-electron chi connectivity index (χ1n) is 13.9. The maximum Gasteiger partial charge on any atom is 0.308 e. The number of amides is 1. The van der Waals surface area contributed by atoms with Gasteiger partial charge in [0.15, 0.2) is 11.5 Å². The van der Waals surface area contributed by atoms with E-state index in [1.807, 2.05) is 30.3 Å². The molecule has 0 aliphatic carbocycles. The van der Waals surface area contributed by atoms with Crippen molar-refractivity contribution in [1.82, 2.24) is 9.62 Å². The molecule has 15 heteroatoms. The Morgan fingerprint density at radius 2 is 1.61 bits per heavy atom. The largest absolute Gasteiger partial charge is 0.492 e. The van der Waals surface area contributed by atoms with Crippen molar-refractivity contribution in [2.45, 2.75) is 43.9 Å². The number of non-ortho nitro benzene ring substituents is 1. The van der Waals surface area contributed by atoms with Gasteiger partial charge in [-0.1, -0.05) is 44.2 Å². The van der Waals surface area contributed by atoms with E-state index < -0.39 is 44.8 Å². The smallest absolute Gasteiger partial charge is 0.308 e. The van der Waals surface area contributed by atoms with Crippen molar-refractivity contribution in [3.05, 3.63) is 96.5 Å². The van der Waals surface area contributed by atoms with Crippen molar-refractivity contribution in [3.8, 4) is 11.5 Å². The number of hydrogen-bond acceptors (Lipinski definition) is 9. The summed E-state index contributed by atoms with van der Waals surface area (Å²) in [5, 5.41) is 11.1. The number of rotatable bonds is 12. The Bertz CT molecular complexity index is 1770. The van der Waals surface area contributed by atoms with Crippen LogP contribution >= 0.6 is 31.9 Å². The maximum atomic E-state index is 14.3. The molecular formula is C31H31Br2N3O9S. The molecule has 1 amide bonds. The van der Waals surface area contributed by atoms with Crippen LogP contribution < -0.4 is 14.2 Å². The summed E-state index contributed by atoms with van der Waals surface area (Å²) in [6, 6.07) is 11.2. The normalized spacial score (nSPS) is 14.8. The number of sulfonamides is 1. The van der Waals surface area contributed by atoms with Crippen LogP contribution in [0.3, 0.4) is 0 Å². The molecule has 1 heterocycles. The zero-order chi connectivity index (χ0) is 33.8. The second-order valence-electron chi connectivity index (χ2n) is 10.5. The molecule has 2 atom stereocenters. The Morgan fingerprint density at radius 1 is 1.00 bits per heavy atom. The number of esters is 1. The fourth-order valence-corrected chi connectivity index (χ4v) is 7.77. The molecule has 3 aromatic rings. The Labute approximate surface area is 283 Å². The summed E-state index contributed by atoms with van der Waals surface area (Å²) >= 11 is 7.15. The lowest BCUT2D eigenvalue weighted by Crippen LogP contribution is -2.51. The van der Waals surface area contributed by atoms with Crippen LogP contribution in [0.5, 0.6) is 11.5 Å². The predicted octanol–water partition coefficient (Wildman–Crippen LogP) is 6.13. The van der Waals surface area contributed by atoms with E-state index in [0.29, 0.717) is 31.6 Å². The number of ether oxygens (including phenoxy) is 3. The van der Waals surface area contributed by atoms with Gasteiger partial charge in [0.05, 0.1) is 45.4 Å². The molecule has 0 spiro atoms. The molecule has 0 radical (unpaired) electrons. The van der Waals surface area contributed by atoms with Gasteiger partial charge in [0.25, 0.3) is 5.69 Å². The summed E-state index contributed by atoms with van der Waals surface area (Å²) < 4.78 is 46.9. The van der Waals surface area contributed by atoms with Gasteiger partial charge in [0, 0.05) is 29.5 Å². The van der Waals surface area contributed by atoms with E-state index in [4.69, 9.17) is 14.2 Å². The number of hydrogen-bond donors (Lipinski definition) is 1. The van der Waals surface area contributed by atoms with Gasteiger partial charge in [-0.3, -0.25) is 19.7 Å². The Balaban J connectivity index is 1.73. The highest BCUT2D eigenvalue weighted by atomic mass is 79.9. The number of nitrogens with one attached hydrogen (secondary N) is 1. The number of fused-ring (bicyclic) bond motifs is 1. The molecule has 0 bridgehead atoms. The van der Waals surface area contributed by atoms with E-state index in [-0.39, 0.29) is 23.6 Å². The molecule has 46 heavy (non-hydrogen) atoms. The number of methoxy groups -OCH3 is 2. The minimum atomic E-state index is -4.29. The Kier molecular flexibility index (Phi) is 11.2. The van der Waals surface area contributed by atoms with Gasteiger partial charge >= 0.3 is 5.97 Å². The predicted molar refractivity (Wildman–Crippen MR) is 176 cm³/mol. The third-order valence-corrected chi connectivity index (χ3v) is 10.3. The van der Waals surface area contributed by atoms with E-state index >= 15 is 0 Å². The number of nitrogens with zero attached hydrogens (tertiary/aromatic N) is 2. The summed E-state index contributed by atoms with van der Waals surface area (Å²) in [4.78, 5) is 39.0. The van der Waals surface area contributed by atoms with Crippen LogP contribution in [0.4, 0.5) is 5.69 Å². The van der Waals surface area contributed by atoms with Gasteiger partial charge < -0.3 is 19.1 Å². The molecule has 3 aromatic carbocycles. The van der Waals surface area contributed by atoms with Crippen LogP contribution in [0.15, 0.2) is 74.6 Å². The van der Waals surface area contributed by atoms with Crippen LogP contribution in [0.1, 0.15) is 43.0 Å². The first-order valence-corrected chi connectivity index (χ1v) is 17.0. The number of carbonyl (C=O) groups excluding carboxylic acids is 2. The third kappa shape index (κ3) is 7.43. The molecule has 0 fully saturated rings. The summed E-state index contributed by atoms with van der Waals surface area (Å²) in [6.07, 6.45) is 2.85. The zero-order valence-electron chi connectivity index (χ0n) is 25.2. The van der Waals surface area contributed by atoms with Gasteiger partial charge in [0.2, 0.25) is 15.9 Å². The van der Waals surface area contributed by atoms with E-state index in [1.54, 1.807) is 19.9 Å². The lowest BCUT2D eigenvalue weighted by molar-refractivity contribution is -0.384. The SMILES string of the molecule is COc1c(Br)c2c(c(Br)c1OC)[C@@H](CC(=O)OCc1ccccc1)N(C(=O)[C@@H](NS(=O)(=O)c1ccc([N+](=O)[O-])cc1)C(C)C)C=C2. The van der Waals surface area contributed by atoms with Crippen molar-refractivity contribution in [1.29, 1.82) is 0 Å². The molecule has 12 nitrogen and oxygen atoms in total. The summed E-state index contributed by atoms with van der Waals surface area (Å²) in [5.74, 6) is -1.07. The van der Waals surface area contributed by atoms with Gasteiger partial charge in [-0.25, -0.2) is 8.42 Å². The number of carbonyl (C=O) groups is 2. The van der Waals surface area contributed by atoms with E-state index in [1.165, 1.54) is 25.3 Å². The van der Waals surface area contributed by atoms with Crippen molar-refractivity contribution in [2.24, 2.45) is 5.92 Å². The highest BCUT2D eigenvalue weighted by Crippen LogP contribution is 2.51. The summed E-state index contributed by atoms with van der Waals surface area (Å²) in [7, 11) is -1.36. The Morgan fingerprint density at radius 3 is 2.17 bits per heavy atom. The first kappa shape index (κ1) is 35.1. The van der Waals surface area contributed by atoms with Gasteiger partial charge in [0.1, 0.15) is 12.6 Å². The van der Waals surface area contributed by atoms with E-state index in [9.17, 15) is 28.1 Å². The molecular weight excluding hydrogens is 750 g/mol. The number of nitro benzene ring substituents is 1. The average Bonchev–Trinajstić information content (AvgIpc) is 3.04. The standard InChI is InChI=1S/C31H31Br2N3O9S/c1-18(2)28(34-46(41,42)21-12-10-20(11-13-21)36(39)40)31(38)35-15-14-22-25(27(33)30(44-4)29(43-3)26(22)32)23(35)16-24(37)45-17-19-8-6-5-7-9-19/h5-15,18,23,28,34H,16-17H2,1-4H3/t23-,28+/m1/s1. The summed E-state index contributed by atoms with van der Waals surface area (Å²) in [6.45, 7) is 3.36. The number of benzene rings is 3. The van der Waals surface area contributed by atoms with Crippen LogP contribution in [0.25, 0.3) is 6.08 Å². The highest BCUT2D eigenvalue weighted by Gasteiger charge is 2.40. The zero-order valence-corrected chi connectivity index (χ0v) is 29.2. The van der Waals surface area contributed by atoms with Crippen LogP contribution in [0, 0.1) is 16.0 Å². The minimum absolute atomic E-state index is 0.0174. The maximum absolute atomic E-state index is 14.3. The second kappa shape index (κ2) is 14.8. The van der Waals surface area contributed by atoms with Crippen LogP contribution in [-0.2, 0) is 31.0 Å². The molecule has 0 unspecified atom stereocenters. The molecule has 4 rings (SSSR count). The van der Waals surface area contributed by atoms with Crippen LogP contribution in [0.2, 0.25) is 0 Å². The minimum Gasteiger partial charge on any atom is -0.492 e. The Hall–Kier alpha value is -3.79. The van der Waals surface area contributed by atoms with E-state index in [0.717, 1.165) is 29.8 Å². The fourth-order valence-electron chi connectivity index (χ4n) is 4.93. The number of nitro groups is 1. The van der Waals surface area contributed by atoms with Crippen molar-refractivity contribution in [3.63, 3.8) is 0 Å². The lowest BCUT2D eigenvalue weighted by atomic mass is 9.91. The quantitative estimate of drug-likeness (QED) is 0.130. The van der Waals surface area contributed by atoms with Gasteiger partial charge in [-0.2, -0.15) is 4.72 Å². The highest BCUT2D eigenvalue weighted by molar-refractivity contribution is 9.11. The fraction of sp³-hybridized carbons (Fsp3) is 0.290. The second-order valence-corrected chi connectivity index (χ2v) is 13.8. The van der Waals surface area contributed by atoms with Crippen molar-refractivity contribution < 1.29 is 37.1 Å². The molecule has 0 saturated heterocycles. The number of halogens is 2. The van der Waals surface area contributed by atoms with Gasteiger partial charge in [-0.05, 0) is 61.5 Å². The topological polar surface area (TPSA) is 154 Å². The van der Waals surface area contributed by atoms with E-state index in [2.05, 4.69) is 36.6 Å². The third-order valence-electron chi connectivity index (χ3n) is 7.28. The molecule has 1 aliphatic rings. The molecule has 1 N–H and O–H groups in total. The van der Waals surface area contributed by atoms with Crippen molar-refractivity contribution >= 4 is 65.5 Å². The lowest BCUT2D eigenvalue weighted by Gasteiger charge is -2.37.